The number of halogens is 1. The van der Waals surface area contributed by atoms with E-state index in [1.165, 1.54) is 11.8 Å². The second-order valence-corrected chi connectivity index (χ2v) is 8.97. The van der Waals surface area contributed by atoms with Crippen molar-refractivity contribution in [3.8, 4) is 6.07 Å². The molecule has 140 valence electrons. The van der Waals surface area contributed by atoms with E-state index < -0.39 is 11.8 Å². The van der Waals surface area contributed by atoms with E-state index in [1.54, 1.807) is 12.1 Å². The molecule has 1 aromatic carbocycles. The van der Waals surface area contributed by atoms with Crippen molar-refractivity contribution in [1.29, 1.82) is 5.26 Å². The third-order valence-electron chi connectivity index (χ3n) is 4.69. The van der Waals surface area contributed by atoms with Gasteiger partial charge in [0.1, 0.15) is 0 Å². The molecule has 1 aliphatic carbocycles. The number of thioether (sulfide) groups is 1. The van der Waals surface area contributed by atoms with Crippen molar-refractivity contribution in [2.45, 2.75) is 32.6 Å². The minimum absolute atomic E-state index is 0.0420. The fourth-order valence-electron chi connectivity index (χ4n) is 3.62. The lowest BCUT2D eigenvalue weighted by molar-refractivity contribution is -0.118. The Morgan fingerprint density at radius 2 is 2.04 bits per heavy atom. The van der Waals surface area contributed by atoms with Gasteiger partial charge in [-0.25, -0.2) is 0 Å². The molecule has 0 bridgehead atoms. The predicted octanol–water partition coefficient (Wildman–Crippen LogP) is 3.62. The van der Waals surface area contributed by atoms with Crippen LogP contribution in [0.2, 0.25) is 5.02 Å². The maximum Gasteiger partial charge on any atom is 0.227 e. The monoisotopic (exact) mass is 401 g/mol. The van der Waals surface area contributed by atoms with Crippen LogP contribution in [-0.2, 0) is 9.59 Å². The van der Waals surface area contributed by atoms with Crippen molar-refractivity contribution in [2.75, 3.05) is 5.75 Å². The summed E-state index contributed by atoms with van der Waals surface area (Å²) in [5.41, 5.74) is 7.82. The topological polar surface area (TPSA) is 96.0 Å². The quantitative estimate of drug-likeness (QED) is 0.803. The van der Waals surface area contributed by atoms with Crippen molar-refractivity contribution >= 4 is 35.1 Å². The highest BCUT2D eigenvalue weighted by Gasteiger charge is 2.41. The Morgan fingerprint density at radius 1 is 1.37 bits per heavy atom. The summed E-state index contributed by atoms with van der Waals surface area (Å²) in [6, 6.07) is 9.42. The van der Waals surface area contributed by atoms with Gasteiger partial charge in [0.25, 0.3) is 0 Å². The molecule has 27 heavy (non-hydrogen) atoms. The zero-order chi connectivity index (χ0) is 19.8. The van der Waals surface area contributed by atoms with E-state index in [1.807, 2.05) is 26.0 Å². The van der Waals surface area contributed by atoms with E-state index in [0.717, 1.165) is 11.3 Å². The first-order valence-corrected chi connectivity index (χ1v) is 9.92. The van der Waals surface area contributed by atoms with Crippen molar-refractivity contribution in [3.05, 3.63) is 56.7 Å². The zero-order valence-corrected chi connectivity index (χ0v) is 16.7. The largest absolute Gasteiger partial charge is 0.369 e. The lowest BCUT2D eigenvalue weighted by Crippen LogP contribution is -2.37. The summed E-state index contributed by atoms with van der Waals surface area (Å²) in [4.78, 5) is 24.2. The number of nitrogens with zero attached hydrogens (tertiary/aromatic N) is 1. The SMILES string of the molecule is CC1(C)CC(=O)C2=C(C1)NC(SCC(N)=O)=C(C#N)[C@@H]2c1ccc(Cl)cc1. The molecule has 0 unspecified atom stereocenters. The highest BCUT2D eigenvalue weighted by molar-refractivity contribution is 8.03. The number of nitrogens with one attached hydrogen (secondary N) is 1. The third-order valence-corrected chi connectivity index (χ3v) is 5.98. The van der Waals surface area contributed by atoms with Crippen LogP contribution in [0.4, 0.5) is 0 Å². The summed E-state index contributed by atoms with van der Waals surface area (Å²) in [6.45, 7) is 4.10. The van der Waals surface area contributed by atoms with Crippen LogP contribution < -0.4 is 11.1 Å². The molecule has 5 nitrogen and oxygen atoms in total. The molecule has 1 heterocycles. The number of nitriles is 1. The lowest BCUT2D eigenvalue weighted by atomic mass is 9.69. The number of rotatable bonds is 4. The molecule has 0 saturated carbocycles. The number of ketones is 1. The van der Waals surface area contributed by atoms with Crippen LogP contribution in [-0.4, -0.2) is 17.4 Å². The number of carbonyl (C=O) groups is 2. The zero-order valence-electron chi connectivity index (χ0n) is 15.1. The summed E-state index contributed by atoms with van der Waals surface area (Å²) in [5.74, 6) is -0.835. The maximum absolute atomic E-state index is 13.0. The number of nitrogens with two attached hydrogens (primary N) is 1. The molecular formula is C20H20ClN3O2S. The predicted molar refractivity (Wildman–Crippen MR) is 107 cm³/mol. The summed E-state index contributed by atoms with van der Waals surface area (Å²) >= 11 is 7.21. The van der Waals surface area contributed by atoms with Gasteiger partial charge in [-0.2, -0.15) is 5.26 Å². The fourth-order valence-corrected chi connectivity index (χ4v) is 4.55. The van der Waals surface area contributed by atoms with Crippen LogP contribution in [0.3, 0.4) is 0 Å². The molecule has 2 aliphatic rings. The summed E-state index contributed by atoms with van der Waals surface area (Å²) in [6.07, 6.45) is 1.12. The minimum atomic E-state index is -0.470. The summed E-state index contributed by atoms with van der Waals surface area (Å²) in [5, 5.41) is 14.3. The first kappa shape index (κ1) is 19.5. The number of allylic oxidation sites excluding steroid dienone is 3. The molecule has 1 aromatic rings. The van der Waals surface area contributed by atoms with Crippen LogP contribution in [0.1, 0.15) is 38.2 Å². The molecule has 0 saturated heterocycles. The van der Waals surface area contributed by atoms with Crippen LogP contribution in [0, 0.1) is 16.7 Å². The van der Waals surface area contributed by atoms with E-state index >= 15 is 0 Å². The van der Waals surface area contributed by atoms with Gasteiger partial charge in [0.15, 0.2) is 5.78 Å². The molecular weight excluding hydrogens is 382 g/mol. The minimum Gasteiger partial charge on any atom is -0.369 e. The van der Waals surface area contributed by atoms with Gasteiger partial charge in [0.2, 0.25) is 5.91 Å². The van der Waals surface area contributed by atoms with Crippen molar-refractivity contribution < 1.29 is 9.59 Å². The normalized spacial score (nSPS) is 21.4. The Labute approximate surface area is 167 Å². The van der Waals surface area contributed by atoms with Gasteiger partial charge in [0, 0.05) is 22.7 Å². The molecule has 1 aliphatic heterocycles. The van der Waals surface area contributed by atoms with Crippen molar-refractivity contribution in [1.82, 2.24) is 5.32 Å². The second kappa shape index (κ2) is 7.41. The van der Waals surface area contributed by atoms with Crippen LogP contribution in [0.5, 0.6) is 0 Å². The van der Waals surface area contributed by atoms with Crippen molar-refractivity contribution in [2.24, 2.45) is 11.1 Å². The van der Waals surface area contributed by atoms with Crippen LogP contribution >= 0.6 is 23.4 Å². The Balaban J connectivity index is 2.14. The van der Waals surface area contributed by atoms with Gasteiger partial charge in [-0.3, -0.25) is 9.59 Å². The van der Waals surface area contributed by atoms with Crippen LogP contribution in [0.15, 0.2) is 46.1 Å². The Morgan fingerprint density at radius 3 is 2.63 bits per heavy atom. The summed E-state index contributed by atoms with van der Waals surface area (Å²) < 4.78 is 0. The Hall–Kier alpha value is -2.23. The van der Waals surface area contributed by atoms with E-state index in [2.05, 4.69) is 11.4 Å². The van der Waals surface area contributed by atoms with E-state index in [4.69, 9.17) is 17.3 Å². The number of carbonyl (C=O) groups excluding carboxylic acids is 2. The number of dihydropyridines is 1. The van der Waals surface area contributed by atoms with Crippen molar-refractivity contribution in [3.63, 3.8) is 0 Å². The Kier molecular flexibility index (Phi) is 5.36. The lowest BCUT2D eigenvalue weighted by Gasteiger charge is -2.39. The molecule has 0 fully saturated rings. The number of primary amides is 1. The number of hydrogen-bond acceptors (Lipinski definition) is 5. The first-order chi connectivity index (χ1) is 12.7. The third kappa shape index (κ3) is 4.05. The van der Waals surface area contributed by atoms with Gasteiger partial charge < -0.3 is 11.1 Å². The van der Waals surface area contributed by atoms with Gasteiger partial charge >= 0.3 is 0 Å². The Bertz CT molecular complexity index is 910. The first-order valence-electron chi connectivity index (χ1n) is 8.56. The number of amides is 1. The van der Waals surface area contributed by atoms with Gasteiger partial charge in [-0.1, -0.05) is 49.3 Å². The molecule has 0 radical (unpaired) electrons. The molecule has 0 aromatic heterocycles. The van der Waals surface area contributed by atoms with E-state index in [-0.39, 0.29) is 17.0 Å². The van der Waals surface area contributed by atoms with Crippen LogP contribution in [0.25, 0.3) is 0 Å². The maximum atomic E-state index is 13.0. The van der Waals surface area contributed by atoms with Gasteiger partial charge in [0.05, 0.1) is 28.3 Å². The van der Waals surface area contributed by atoms with E-state index in [0.29, 0.717) is 34.0 Å². The van der Waals surface area contributed by atoms with E-state index in [9.17, 15) is 14.9 Å². The second-order valence-electron chi connectivity index (χ2n) is 7.55. The molecule has 1 amide bonds. The number of benzene rings is 1. The van der Waals surface area contributed by atoms with Gasteiger partial charge in [-0.05, 0) is 29.5 Å². The molecule has 3 rings (SSSR count). The molecule has 3 N–H and O–H groups in total. The standard InChI is InChI=1S/C20H20ClN3O2S/c1-20(2)7-14-18(15(25)8-20)17(11-3-5-12(21)6-4-11)13(9-22)19(24-14)27-10-16(23)26/h3-6,17,24H,7-8,10H2,1-2H3,(H2,23,26)/t17-/m0/s1. The molecule has 7 heteroatoms. The van der Waals surface area contributed by atoms with Gasteiger partial charge in [-0.15, -0.1) is 0 Å². The average molecular weight is 402 g/mol. The summed E-state index contributed by atoms with van der Waals surface area (Å²) in [7, 11) is 0. The number of Topliss-reactive ketones (excluding diaryl/α,β-unsaturated/α-hetero) is 1. The molecule has 0 spiro atoms. The highest BCUT2D eigenvalue weighted by Crippen LogP contribution is 2.47. The fraction of sp³-hybridized carbons (Fsp3) is 0.350. The molecule has 1 atom stereocenters. The average Bonchev–Trinajstić information content (AvgIpc) is 2.58. The highest BCUT2D eigenvalue weighted by atomic mass is 35.5. The number of hydrogen-bond donors (Lipinski definition) is 2. The smallest absolute Gasteiger partial charge is 0.227 e.